The van der Waals surface area contributed by atoms with Crippen molar-refractivity contribution in [1.82, 2.24) is 24.8 Å². The van der Waals surface area contributed by atoms with Gasteiger partial charge in [-0.3, -0.25) is 9.48 Å². The highest BCUT2D eigenvalue weighted by atomic mass is 16.1. The molecule has 0 amide bonds. The first-order chi connectivity index (χ1) is 16.4. The van der Waals surface area contributed by atoms with Crippen molar-refractivity contribution in [3.8, 4) is 0 Å². The first kappa shape index (κ1) is 28.9. The summed E-state index contributed by atoms with van der Waals surface area (Å²) in [6.07, 6.45) is 17.9. The lowest BCUT2D eigenvalue weighted by Gasteiger charge is -2.11. The Labute approximate surface area is 205 Å². The number of hydrazone groups is 1. The Morgan fingerprint density at radius 2 is 1.88 bits per heavy atom. The van der Waals surface area contributed by atoms with Crippen LogP contribution in [0, 0.1) is 0 Å². The standard InChI is InChI=1S/C14H18N2.C11H18N4O.C2H6/c1-3-5-12(6-4-2)14-15-9-13(10-16-14)11-7-8-11;1-5-10-11(16)6-7-15(13-10)9(2)8-12-14(3)4;1-2/h3,5-6,9-11H,4,7-8H2,1-2H3;6-9H,5H2,1-4H3;1-2H3/b5-3-,12-6+;12-8-;. The molecule has 0 N–H and O–H groups in total. The summed E-state index contributed by atoms with van der Waals surface area (Å²) in [5.41, 5.74) is 3.00. The average molecular weight is 467 g/mol. The van der Waals surface area contributed by atoms with Gasteiger partial charge in [0.25, 0.3) is 0 Å². The van der Waals surface area contributed by atoms with E-state index in [-0.39, 0.29) is 11.5 Å². The second kappa shape index (κ2) is 15.7. The van der Waals surface area contributed by atoms with Crippen molar-refractivity contribution in [2.24, 2.45) is 5.10 Å². The molecule has 7 heteroatoms. The van der Waals surface area contributed by atoms with Crippen LogP contribution in [0.1, 0.15) is 89.8 Å². The van der Waals surface area contributed by atoms with Crippen molar-refractivity contribution in [1.29, 1.82) is 0 Å². The van der Waals surface area contributed by atoms with E-state index < -0.39 is 0 Å². The molecule has 2 aromatic heterocycles. The Bertz CT molecular complexity index is 985. The molecule has 2 heterocycles. The molecular weight excluding hydrogens is 424 g/mol. The fourth-order valence-corrected chi connectivity index (χ4v) is 2.98. The molecule has 1 unspecified atom stereocenters. The summed E-state index contributed by atoms with van der Waals surface area (Å²) in [6, 6.07) is 1.58. The topological polar surface area (TPSA) is 76.3 Å². The van der Waals surface area contributed by atoms with Gasteiger partial charge in [0.1, 0.15) is 5.69 Å². The third kappa shape index (κ3) is 9.81. The summed E-state index contributed by atoms with van der Waals surface area (Å²) in [6.45, 7) is 12.0. The fraction of sp³-hybridized carbons (Fsp3) is 0.519. The third-order valence-corrected chi connectivity index (χ3v) is 4.91. The molecule has 1 saturated carbocycles. The molecule has 1 aliphatic carbocycles. The summed E-state index contributed by atoms with van der Waals surface area (Å²) in [7, 11) is 3.72. The average Bonchev–Trinajstić information content (AvgIpc) is 3.70. The van der Waals surface area contributed by atoms with E-state index in [0.717, 1.165) is 23.7 Å². The molecule has 0 spiro atoms. The van der Waals surface area contributed by atoms with Gasteiger partial charge in [-0.2, -0.15) is 10.2 Å². The highest BCUT2D eigenvalue weighted by molar-refractivity contribution is 5.69. The van der Waals surface area contributed by atoms with Crippen molar-refractivity contribution < 1.29 is 0 Å². The van der Waals surface area contributed by atoms with Crippen LogP contribution >= 0.6 is 0 Å². The molecule has 1 atom stereocenters. The number of hydrogen-bond donors (Lipinski definition) is 0. The molecule has 2 aromatic rings. The van der Waals surface area contributed by atoms with Gasteiger partial charge in [0.2, 0.25) is 5.43 Å². The number of nitrogens with zero attached hydrogens (tertiary/aromatic N) is 6. The lowest BCUT2D eigenvalue weighted by Crippen LogP contribution is -2.19. The van der Waals surface area contributed by atoms with Gasteiger partial charge in [-0.25, -0.2) is 9.97 Å². The predicted octanol–water partition coefficient (Wildman–Crippen LogP) is 5.66. The van der Waals surface area contributed by atoms with Crippen LogP contribution in [0.2, 0.25) is 0 Å². The molecule has 0 saturated heterocycles. The van der Waals surface area contributed by atoms with Crippen LogP contribution in [-0.2, 0) is 6.42 Å². The largest absolute Gasteiger partial charge is 0.303 e. The molecule has 0 aliphatic heterocycles. The third-order valence-electron chi connectivity index (χ3n) is 4.91. The lowest BCUT2D eigenvalue weighted by atomic mass is 10.1. The van der Waals surface area contributed by atoms with Crippen LogP contribution in [0.3, 0.4) is 0 Å². The van der Waals surface area contributed by atoms with E-state index >= 15 is 0 Å². The van der Waals surface area contributed by atoms with Crippen LogP contribution in [0.25, 0.3) is 5.57 Å². The Balaban J connectivity index is 0.000000317. The molecular formula is C27H42N6O. The molecule has 0 bridgehead atoms. The van der Waals surface area contributed by atoms with Crippen molar-refractivity contribution in [2.75, 3.05) is 14.1 Å². The normalized spacial score (nSPS) is 14.3. The van der Waals surface area contributed by atoms with Gasteiger partial charge >= 0.3 is 0 Å². The van der Waals surface area contributed by atoms with E-state index in [2.05, 4.69) is 39.2 Å². The van der Waals surface area contributed by atoms with Crippen LogP contribution in [0.5, 0.6) is 0 Å². The minimum atomic E-state index is -0.00417. The number of aromatic nitrogens is 4. The summed E-state index contributed by atoms with van der Waals surface area (Å²) in [4.78, 5) is 20.3. The fourth-order valence-electron chi connectivity index (χ4n) is 2.98. The van der Waals surface area contributed by atoms with Crippen LogP contribution in [0.4, 0.5) is 0 Å². The number of allylic oxidation sites excluding steroid dienone is 4. The van der Waals surface area contributed by atoms with Gasteiger partial charge in [-0.1, -0.05) is 45.9 Å². The quantitative estimate of drug-likeness (QED) is 0.285. The number of hydrogen-bond acceptors (Lipinski definition) is 6. The molecule has 186 valence electrons. The maximum absolute atomic E-state index is 11.4. The number of aryl methyl sites for hydroxylation is 1. The molecule has 0 radical (unpaired) electrons. The SMILES string of the molecule is C/C=C\C(=C/CC)c1ncc(C2CC2)cn1.CC.CCc1nn(C(C)/C=N\N(C)C)ccc1=O. The summed E-state index contributed by atoms with van der Waals surface area (Å²) in [5.74, 6) is 1.57. The Hall–Kier alpha value is -3.09. The van der Waals surface area contributed by atoms with Gasteiger partial charge in [0.15, 0.2) is 5.82 Å². The second-order valence-corrected chi connectivity index (χ2v) is 7.99. The van der Waals surface area contributed by atoms with Crippen LogP contribution < -0.4 is 5.43 Å². The van der Waals surface area contributed by atoms with Gasteiger partial charge in [0, 0.05) is 50.5 Å². The minimum Gasteiger partial charge on any atom is -0.303 e. The molecule has 1 fully saturated rings. The van der Waals surface area contributed by atoms with Crippen LogP contribution in [0.15, 0.2) is 52.8 Å². The summed E-state index contributed by atoms with van der Waals surface area (Å²) < 4.78 is 1.74. The first-order valence-electron chi connectivity index (χ1n) is 12.3. The van der Waals surface area contributed by atoms with E-state index in [0.29, 0.717) is 12.1 Å². The highest BCUT2D eigenvalue weighted by Gasteiger charge is 2.24. The summed E-state index contributed by atoms with van der Waals surface area (Å²) in [5, 5.41) is 10.1. The molecule has 0 aromatic carbocycles. The number of rotatable bonds is 8. The highest BCUT2D eigenvalue weighted by Crippen LogP contribution is 2.39. The van der Waals surface area contributed by atoms with E-state index in [9.17, 15) is 4.79 Å². The van der Waals surface area contributed by atoms with Gasteiger partial charge < -0.3 is 5.01 Å². The summed E-state index contributed by atoms with van der Waals surface area (Å²) >= 11 is 0. The Morgan fingerprint density at radius 3 is 2.38 bits per heavy atom. The van der Waals surface area contributed by atoms with Crippen LogP contribution in [-0.4, -0.2) is 45.1 Å². The lowest BCUT2D eigenvalue weighted by molar-refractivity contribution is 0.434. The first-order valence-corrected chi connectivity index (χ1v) is 12.3. The molecule has 1 aliphatic rings. The zero-order valence-electron chi connectivity index (χ0n) is 22.2. The van der Waals surface area contributed by atoms with Crippen molar-refractivity contribution in [2.45, 2.75) is 79.2 Å². The van der Waals surface area contributed by atoms with E-state index in [4.69, 9.17) is 0 Å². The molecule has 3 rings (SSSR count). The van der Waals surface area contributed by atoms with Crippen molar-refractivity contribution in [3.63, 3.8) is 0 Å². The molecule has 34 heavy (non-hydrogen) atoms. The van der Waals surface area contributed by atoms with Gasteiger partial charge in [-0.05, 0) is 51.0 Å². The predicted molar refractivity (Wildman–Crippen MR) is 143 cm³/mol. The van der Waals surface area contributed by atoms with E-state index in [1.807, 2.05) is 67.2 Å². The molecule has 7 nitrogen and oxygen atoms in total. The van der Waals surface area contributed by atoms with Gasteiger partial charge in [0.05, 0.1) is 6.04 Å². The smallest absolute Gasteiger partial charge is 0.203 e. The minimum absolute atomic E-state index is 0.00417. The Morgan fingerprint density at radius 1 is 1.24 bits per heavy atom. The Kier molecular flexibility index (Phi) is 13.4. The van der Waals surface area contributed by atoms with Crippen molar-refractivity contribution >= 4 is 11.8 Å². The van der Waals surface area contributed by atoms with E-state index in [1.165, 1.54) is 18.4 Å². The zero-order chi connectivity index (χ0) is 25.5. The second-order valence-electron chi connectivity index (χ2n) is 7.99. The van der Waals surface area contributed by atoms with Crippen molar-refractivity contribution in [3.05, 3.63) is 70.2 Å². The monoisotopic (exact) mass is 466 g/mol. The maximum Gasteiger partial charge on any atom is 0.203 e. The van der Waals surface area contributed by atoms with Gasteiger partial charge in [-0.15, -0.1) is 0 Å². The maximum atomic E-state index is 11.4. The zero-order valence-corrected chi connectivity index (χ0v) is 22.2. The van der Waals surface area contributed by atoms with E-state index in [1.54, 1.807) is 28.2 Å².